The molecule has 100 valence electrons. The van der Waals surface area contributed by atoms with E-state index in [1.807, 2.05) is 36.4 Å². The van der Waals surface area contributed by atoms with Crippen LogP contribution in [0.25, 0.3) is 0 Å². The largest absolute Gasteiger partial charge is 0.439 e. The summed E-state index contributed by atoms with van der Waals surface area (Å²) >= 11 is 0. The van der Waals surface area contributed by atoms with E-state index in [9.17, 15) is 0 Å². The first-order chi connectivity index (χ1) is 9.33. The van der Waals surface area contributed by atoms with Crippen LogP contribution >= 0.6 is 0 Å². The Hall–Kier alpha value is -1.91. The third kappa shape index (κ3) is 3.77. The van der Waals surface area contributed by atoms with Crippen molar-refractivity contribution in [2.24, 2.45) is 0 Å². The predicted molar refractivity (Wildman–Crippen MR) is 74.1 cm³/mol. The van der Waals surface area contributed by atoms with Crippen LogP contribution in [0.4, 0.5) is 0 Å². The maximum absolute atomic E-state index is 9.00. The molecule has 2 rings (SSSR count). The van der Waals surface area contributed by atoms with Gasteiger partial charge in [-0.05, 0) is 30.3 Å². The lowest BCUT2D eigenvalue weighted by Gasteiger charge is -2.10. The van der Waals surface area contributed by atoms with Crippen molar-refractivity contribution in [3.8, 4) is 11.6 Å². The number of hydrogen-bond acceptors (Lipinski definition) is 4. The second kappa shape index (κ2) is 6.87. The van der Waals surface area contributed by atoms with E-state index < -0.39 is 0 Å². The zero-order chi connectivity index (χ0) is 13.5. The number of aliphatic hydroxyl groups is 1. The summed E-state index contributed by atoms with van der Waals surface area (Å²) in [6, 6.07) is 11.2. The van der Waals surface area contributed by atoms with Crippen molar-refractivity contribution in [1.82, 2.24) is 10.3 Å². The summed E-state index contributed by atoms with van der Waals surface area (Å²) in [5, 5.41) is 12.3. The number of aliphatic hydroxyl groups excluding tert-OH is 1. The molecule has 19 heavy (non-hydrogen) atoms. The van der Waals surface area contributed by atoms with E-state index >= 15 is 0 Å². The first kappa shape index (κ1) is 13.5. The predicted octanol–water partition coefficient (Wildman–Crippen LogP) is 2.48. The zero-order valence-electron chi connectivity index (χ0n) is 11.0. The monoisotopic (exact) mass is 258 g/mol. The fourth-order valence-electron chi connectivity index (χ4n) is 1.68. The first-order valence-electron chi connectivity index (χ1n) is 6.35. The summed E-state index contributed by atoms with van der Waals surface area (Å²) in [5.74, 6) is 1.33. The van der Waals surface area contributed by atoms with Crippen LogP contribution in [0.5, 0.6) is 11.6 Å². The third-order valence-electron chi connectivity index (χ3n) is 2.74. The van der Waals surface area contributed by atoms with Gasteiger partial charge < -0.3 is 15.2 Å². The average molecular weight is 258 g/mol. The van der Waals surface area contributed by atoms with Crippen molar-refractivity contribution < 1.29 is 9.84 Å². The van der Waals surface area contributed by atoms with E-state index in [0.29, 0.717) is 11.6 Å². The fourth-order valence-corrected chi connectivity index (χ4v) is 1.68. The van der Waals surface area contributed by atoms with Crippen molar-refractivity contribution in [3.05, 3.63) is 53.7 Å². The number of aromatic nitrogens is 1. The van der Waals surface area contributed by atoms with Gasteiger partial charge in [-0.15, -0.1) is 0 Å². The van der Waals surface area contributed by atoms with Gasteiger partial charge in [0.15, 0.2) is 0 Å². The van der Waals surface area contributed by atoms with Crippen LogP contribution < -0.4 is 10.1 Å². The highest BCUT2D eigenvalue weighted by molar-refractivity contribution is 5.33. The van der Waals surface area contributed by atoms with E-state index in [2.05, 4.69) is 17.2 Å². The second-order valence-corrected chi connectivity index (χ2v) is 4.15. The molecule has 0 amide bonds. The Balaban J connectivity index is 2.12. The quantitative estimate of drug-likeness (QED) is 0.835. The van der Waals surface area contributed by atoms with Gasteiger partial charge in [-0.2, -0.15) is 0 Å². The molecule has 0 fully saturated rings. The molecular weight excluding hydrogens is 240 g/mol. The van der Waals surface area contributed by atoms with Crippen LogP contribution in [0, 0.1) is 0 Å². The molecule has 4 nitrogen and oxygen atoms in total. The Morgan fingerprint density at radius 3 is 2.68 bits per heavy atom. The van der Waals surface area contributed by atoms with Gasteiger partial charge in [-0.25, -0.2) is 4.98 Å². The Labute approximate surface area is 113 Å². The zero-order valence-corrected chi connectivity index (χ0v) is 11.0. The van der Waals surface area contributed by atoms with Crippen LogP contribution in [0.15, 0.2) is 42.6 Å². The van der Waals surface area contributed by atoms with Gasteiger partial charge in [-0.3, -0.25) is 0 Å². The van der Waals surface area contributed by atoms with E-state index in [0.717, 1.165) is 24.2 Å². The molecule has 0 saturated heterocycles. The number of nitrogens with zero attached hydrogens (tertiary/aromatic N) is 1. The molecule has 0 unspecified atom stereocenters. The van der Waals surface area contributed by atoms with Gasteiger partial charge in [0.25, 0.3) is 0 Å². The molecule has 2 N–H and O–H groups in total. The maximum Gasteiger partial charge on any atom is 0.223 e. The molecule has 1 aromatic heterocycles. The summed E-state index contributed by atoms with van der Waals surface area (Å²) in [4.78, 5) is 4.26. The van der Waals surface area contributed by atoms with Crippen molar-refractivity contribution in [2.75, 3.05) is 6.54 Å². The van der Waals surface area contributed by atoms with Gasteiger partial charge in [0, 0.05) is 18.3 Å². The van der Waals surface area contributed by atoms with Gasteiger partial charge >= 0.3 is 0 Å². The minimum Gasteiger partial charge on any atom is -0.439 e. The lowest BCUT2D eigenvalue weighted by atomic mass is 10.2. The molecule has 0 bridgehead atoms. The Morgan fingerprint density at radius 2 is 2.00 bits per heavy atom. The average Bonchev–Trinajstić information content (AvgIpc) is 2.47. The van der Waals surface area contributed by atoms with Crippen LogP contribution in [0.3, 0.4) is 0 Å². The summed E-state index contributed by atoms with van der Waals surface area (Å²) in [7, 11) is 0. The lowest BCUT2D eigenvalue weighted by Crippen LogP contribution is -2.12. The molecule has 2 aromatic rings. The van der Waals surface area contributed by atoms with E-state index in [4.69, 9.17) is 9.84 Å². The van der Waals surface area contributed by atoms with Crippen molar-refractivity contribution >= 4 is 0 Å². The Kier molecular flexibility index (Phi) is 4.89. The van der Waals surface area contributed by atoms with Gasteiger partial charge in [0.2, 0.25) is 5.88 Å². The van der Waals surface area contributed by atoms with Gasteiger partial charge in [0.05, 0.1) is 6.61 Å². The number of benzene rings is 1. The smallest absolute Gasteiger partial charge is 0.223 e. The normalized spacial score (nSPS) is 10.4. The van der Waals surface area contributed by atoms with Crippen molar-refractivity contribution in [3.63, 3.8) is 0 Å². The third-order valence-corrected chi connectivity index (χ3v) is 2.74. The lowest BCUT2D eigenvalue weighted by molar-refractivity contribution is 0.281. The highest BCUT2D eigenvalue weighted by Crippen LogP contribution is 2.23. The van der Waals surface area contributed by atoms with Gasteiger partial charge in [-0.1, -0.05) is 25.1 Å². The summed E-state index contributed by atoms with van der Waals surface area (Å²) < 4.78 is 5.77. The summed E-state index contributed by atoms with van der Waals surface area (Å²) in [6.07, 6.45) is 1.72. The standard InChI is InChI=1S/C15H18N2O2/c1-2-16-10-13-4-3-9-17-15(13)19-14-7-5-12(11-18)6-8-14/h3-9,16,18H,2,10-11H2,1H3. The minimum absolute atomic E-state index is 0.0372. The van der Waals surface area contributed by atoms with Crippen LogP contribution in [-0.4, -0.2) is 16.6 Å². The molecule has 0 spiro atoms. The first-order valence-corrected chi connectivity index (χ1v) is 6.35. The molecule has 0 aliphatic rings. The van der Waals surface area contributed by atoms with Gasteiger partial charge in [0.1, 0.15) is 5.75 Å². The molecule has 0 atom stereocenters. The molecule has 0 saturated carbocycles. The number of hydrogen-bond donors (Lipinski definition) is 2. The molecular formula is C15H18N2O2. The van der Waals surface area contributed by atoms with Crippen molar-refractivity contribution in [2.45, 2.75) is 20.1 Å². The number of pyridine rings is 1. The highest BCUT2D eigenvalue weighted by atomic mass is 16.5. The van der Waals surface area contributed by atoms with Crippen LogP contribution in [-0.2, 0) is 13.2 Å². The van der Waals surface area contributed by atoms with Crippen molar-refractivity contribution in [1.29, 1.82) is 0 Å². The van der Waals surface area contributed by atoms with Crippen LogP contribution in [0.1, 0.15) is 18.1 Å². The molecule has 0 aliphatic heterocycles. The molecule has 0 radical (unpaired) electrons. The SMILES string of the molecule is CCNCc1cccnc1Oc1ccc(CO)cc1. The molecule has 1 aromatic carbocycles. The fraction of sp³-hybridized carbons (Fsp3) is 0.267. The molecule has 0 aliphatic carbocycles. The minimum atomic E-state index is 0.0372. The van der Waals surface area contributed by atoms with E-state index in [1.165, 1.54) is 0 Å². The molecule has 1 heterocycles. The Bertz CT molecular complexity index is 512. The number of rotatable bonds is 6. The second-order valence-electron chi connectivity index (χ2n) is 4.15. The summed E-state index contributed by atoms with van der Waals surface area (Å²) in [5.41, 5.74) is 1.89. The topological polar surface area (TPSA) is 54.4 Å². The van der Waals surface area contributed by atoms with E-state index in [-0.39, 0.29) is 6.61 Å². The van der Waals surface area contributed by atoms with E-state index in [1.54, 1.807) is 6.20 Å². The molecule has 4 heteroatoms. The summed E-state index contributed by atoms with van der Waals surface area (Å²) in [6.45, 7) is 3.73. The highest BCUT2D eigenvalue weighted by Gasteiger charge is 2.05. The van der Waals surface area contributed by atoms with Crippen LogP contribution in [0.2, 0.25) is 0 Å². The number of nitrogens with one attached hydrogen (secondary N) is 1. The number of ether oxygens (including phenoxy) is 1. The maximum atomic E-state index is 9.00. The Morgan fingerprint density at radius 1 is 1.21 bits per heavy atom.